The van der Waals surface area contributed by atoms with Crippen molar-refractivity contribution < 1.29 is 38.6 Å². The predicted molar refractivity (Wildman–Crippen MR) is 242 cm³/mol. The number of cyclic esters (lactones) is 1. The number of carbonyl (C=O) groups excluding carboxylic acids is 5. The minimum absolute atomic E-state index is 0.000728. The highest BCUT2D eigenvalue weighted by Crippen LogP contribution is 2.41. The van der Waals surface area contributed by atoms with Gasteiger partial charge < -0.3 is 34.3 Å². The molecule has 15 nitrogen and oxygen atoms in total. The van der Waals surface area contributed by atoms with Gasteiger partial charge in [-0.3, -0.25) is 34.0 Å². The number of aromatic nitrogens is 2. The Morgan fingerprint density at radius 3 is 2.56 bits per heavy atom. The van der Waals surface area contributed by atoms with Gasteiger partial charge in [-0.05, 0) is 96.7 Å². The van der Waals surface area contributed by atoms with Crippen LogP contribution in [0.4, 0.5) is 0 Å². The number of hydrogen-bond acceptors (Lipinski definition) is 10. The number of amides is 4. The van der Waals surface area contributed by atoms with E-state index in [1.54, 1.807) is 37.4 Å². The Balaban J connectivity index is 1.31. The Kier molecular flexibility index (Phi) is 13.8. The average molecular weight is 878 g/mol. The molecular formula is C49H63N7O8. The lowest BCUT2D eigenvalue weighted by molar-refractivity contribution is -0.155. The number of aromatic hydroxyl groups is 1. The fourth-order valence-electron chi connectivity index (χ4n) is 9.79. The maximum absolute atomic E-state index is 14.7. The van der Waals surface area contributed by atoms with Crippen molar-refractivity contribution in [2.75, 3.05) is 40.4 Å². The molecule has 342 valence electrons. The van der Waals surface area contributed by atoms with Gasteiger partial charge in [-0.25, -0.2) is 5.43 Å². The number of aryl methyl sites for hydroxylation is 1. The summed E-state index contributed by atoms with van der Waals surface area (Å²) in [6.07, 6.45) is 5.65. The van der Waals surface area contributed by atoms with E-state index < -0.39 is 47.2 Å². The molecule has 15 heteroatoms. The van der Waals surface area contributed by atoms with E-state index in [0.717, 1.165) is 44.4 Å². The summed E-state index contributed by atoms with van der Waals surface area (Å²) in [6, 6.07) is 10.5. The summed E-state index contributed by atoms with van der Waals surface area (Å²) in [5, 5.41) is 16.7. The lowest BCUT2D eigenvalue weighted by atomic mass is 9.84. The van der Waals surface area contributed by atoms with Gasteiger partial charge in [0.25, 0.3) is 5.91 Å². The number of nitrogens with one attached hydrogen (secondary N) is 2. The van der Waals surface area contributed by atoms with Crippen LogP contribution >= 0.6 is 0 Å². The largest absolute Gasteiger partial charge is 0.508 e. The van der Waals surface area contributed by atoms with Crippen molar-refractivity contribution in [1.29, 1.82) is 0 Å². The van der Waals surface area contributed by atoms with Crippen LogP contribution in [0.15, 0.2) is 54.9 Å². The summed E-state index contributed by atoms with van der Waals surface area (Å²) in [5.41, 5.74) is 9.76. The van der Waals surface area contributed by atoms with E-state index in [2.05, 4.69) is 53.2 Å². The van der Waals surface area contributed by atoms with Crippen LogP contribution in [0.1, 0.15) is 77.5 Å². The number of methoxy groups -OCH3 is 1. The van der Waals surface area contributed by atoms with Gasteiger partial charge in [-0.2, -0.15) is 0 Å². The molecule has 0 unspecified atom stereocenters. The quantitative estimate of drug-likeness (QED) is 0.189. The lowest BCUT2D eigenvalue weighted by Gasteiger charge is -2.37. The van der Waals surface area contributed by atoms with Crippen LogP contribution in [0.5, 0.6) is 5.75 Å². The second-order valence-electron chi connectivity index (χ2n) is 18.8. The van der Waals surface area contributed by atoms with Crippen molar-refractivity contribution in [1.82, 2.24) is 35.1 Å². The molecule has 5 heterocycles. The maximum Gasteiger partial charge on any atom is 0.324 e. The molecule has 2 aromatic heterocycles. The van der Waals surface area contributed by atoms with Gasteiger partial charge in [0.2, 0.25) is 17.7 Å². The van der Waals surface area contributed by atoms with Crippen molar-refractivity contribution in [2.24, 2.45) is 17.3 Å². The summed E-state index contributed by atoms with van der Waals surface area (Å²) in [7, 11) is 3.26. The number of esters is 1. The second kappa shape index (κ2) is 19.1. The van der Waals surface area contributed by atoms with Crippen LogP contribution in [-0.4, -0.2) is 118 Å². The molecule has 2 aromatic carbocycles. The number of likely N-dealkylation sites (N-methyl/N-ethyl adjacent to an activating group) is 1. The van der Waals surface area contributed by atoms with Crippen molar-refractivity contribution in [3.63, 3.8) is 0 Å². The first-order valence-corrected chi connectivity index (χ1v) is 22.5. The molecule has 4 atom stereocenters. The summed E-state index contributed by atoms with van der Waals surface area (Å²) < 4.78 is 14.0. The van der Waals surface area contributed by atoms with Crippen LogP contribution in [0.25, 0.3) is 33.3 Å². The summed E-state index contributed by atoms with van der Waals surface area (Å²) >= 11 is 0. The first-order valence-electron chi connectivity index (χ1n) is 22.5. The molecule has 4 aromatic rings. The molecular weight excluding hydrogens is 815 g/mol. The van der Waals surface area contributed by atoms with E-state index in [1.807, 2.05) is 38.2 Å². The number of carbonyl (C=O) groups is 5. The zero-order valence-corrected chi connectivity index (χ0v) is 38.4. The highest BCUT2D eigenvalue weighted by Gasteiger charge is 2.40. The van der Waals surface area contributed by atoms with E-state index >= 15 is 0 Å². The van der Waals surface area contributed by atoms with E-state index in [0.29, 0.717) is 50.9 Å². The number of phenols is 1. The fraction of sp³-hybridized carbons (Fsp3) is 0.510. The van der Waals surface area contributed by atoms with Crippen LogP contribution in [0, 0.1) is 17.3 Å². The molecule has 6 bridgehead atoms. The number of benzene rings is 2. The predicted octanol–water partition coefficient (Wildman–Crippen LogP) is 5.24. The molecule has 3 aliphatic heterocycles. The Bertz CT molecular complexity index is 2430. The third kappa shape index (κ3) is 9.65. The monoisotopic (exact) mass is 877 g/mol. The number of rotatable bonds is 9. The first-order chi connectivity index (χ1) is 30.5. The molecule has 4 amide bonds. The Morgan fingerprint density at radius 2 is 1.86 bits per heavy atom. The third-order valence-corrected chi connectivity index (χ3v) is 13.0. The highest BCUT2D eigenvalue weighted by molar-refractivity contribution is 5.96. The third-order valence-electron chi connectivity index (χ3n) is 13.0. The lowest BCUT2D eigenvalue weighted by Crippen LogP contribution is -2.62. The average Bonchev–Trinajstić information content (AvgIpc) is 3.88. The van der Waals surface area contributed by atoms with Gasteiger partial charge in [-0.1, -0.05) is 39.8 Å². The second-order valence-corrected chi connectivity index (χ2v) is 18.8. The number of likely N-dealkylation sites (tertiary alicyclic amines) is 1. The van der Waals surface area contributed by atoms with Gasteiger partial charge >= 0.3 is 5.97 Å². The number of fused-ring (bicyclic) bond motifs is 6. The normalized spacial score (nSPS) is 20.8. The van der Waals surface area contributed by atoms with E-state index in [4.69, 9.17) is 9.47 Å². The minimum Gasteiger partial charge on any atom is -0.508 e. The van der Waals surface area contributed by atoms with Gasteiger partial charge in [0.05, 0.1) is 24.8 Å². The minimum atomic E-state index is -1.15. The summed E-state index contributed by atoms with van der Waals surface area (Å²) in [5.74, 6) is -2.59. The zero-order chi connectivity index (χ0) is 46.0. The van der Waals surface area contributed by atoms with E-state index in [9.17, 15) is 29.1 Å². The van der Waals surface area contributed by atoms with E-state index in [1.165, 1.54) is 16.8 Å². The topological polar surface area (TPSA) is 176 Å². The Hall–Kier alpha value is -5.80. The number of phenolic OH excluding ortho intramolecular Hbond substituents is 1. The number of nitrogens with zero attached hydrogens (tertiary/aromatic N) is 5. The molecule has 0 radical (unpaired) electrons. The molecule has 64 heavy (non-hydrogen) atoms. The van der Waals surface area contributed by atoms with E-state index in [-0.39, 0.29) is 49.6 Å². The standard InChI is InChI=1S/C49H63N7O8/c1-9-55-42-13-12-32-23-37(42)38(44(55)39-25-50-16-14-34(39)27-63-8)24-49(5,6)28-64-48(62)40-11-10-17-56(52-40)47(61)41(21-31-19-35(32)22-36(58)20-31)51-45(59)43(29(2)3)53(7)46(60)33-15-18-54(26-33)30(4)57/h12-14,16,19-20,22-23,25,29,33,40-41,43,52,58H,9-11,15,17-18,21,24,26-28H2,1-8H3,(H,51,59)/t33-,40-,41-,43-/m0/s1. The van der Waals surface area contributed by atoms with Crippen molar-refractivity contribution in [3.05, 3.63) is 71.5 Å². The number of hydrazine groups is 1. The highest BCUT2D eigenvalue weighted by atomic mass is 16.5. The van der Waals surface area contributed by atoms with Crippen molar-refractivity contribution in [2.45, 2.75) is 105 Å². The molecule has 3 aliphatic rings. The first kappa shape index (κ1) is 46.2. The molecule has 0 saturated carbocycles. The SMILES string of the molecule is CCn1c(-c2cnccc2COC)c2c3cc(ccc31)-c1cc(O)cc(c1)C[C@H](NC(=O)[C@H](C(C)C)N(C)C(=O)[C@H]1CCN(C(C)=O)C1)C(=O)N1CCC[C@H](N1)C(=O)OCC(C)(C)C2. The maximum atomic E-state index is 14.7. The number of ether oxygens (including phenoxy) is 2. The zero-order valence-electron chi connectivity index (χ0n) is 38.4. The molecule has 2 fully saturated rings. The van der Waals surface area contributed by atoms with Gasteiger partial charge in [0.15, 0.2) is 0 Å². The fourth-order valence-corrected chi connectivity index (χ4v) is 9.79. The van der Waals surface area contributed by atoms with Crippen LogP contribution in [0.3, 0.4) is 0 Å². The van der Waals surface area contributed by atoms with Crippen molar-refractivity contribution >= 4 is 40.5 Å². The number of pyridine rings is 1. The Labute approximate surface area is 375 Å². The van der Waals surface area contributed by atoms with Gasteiger partial charge in [0.1, 0.15) is 23.9 Å². The molecule has 2 saturated heterocycles. The Morgan fingerprint density at radius 1 is 1.08 bits per heavy atom. The van der Waals surface area contributed by atoms with Crippen LogP contribution < -0.4 is 10.7 Å². The molecule has 0 aliphatic carbocycles. The van der Waals surface area contributed by atoms with Gasteiger partial charge in [0, 0.05) is 88.0 Å². The smallest absolute Gasteiger partial charge is 0.324 e. The molecule has 0 spiro atoms. The molecule has 7 rings (SSSR count). The molecule has 3 N–H and O–H groups in total. The number of hydrogen-bond donors (Lipinski definition) is 3. The van der Waals surface area contributed by atoms with Crippen LogP contribution in [0.2, 0.25) is 0 Å². The summed E-state index contributed by atoms with van der Waals surface area (Å²) in [4.78, 5) is 76.5. The van der Waals surface area contributed by atoms with Gasteiger partial charge in [-0.15, -0.1) is 0 Å². The summed E-state index contributed by atoms with van der Waals surface area (Å²) in [6.45, 7) is 13.6. The van der Waals surface area contributed by atoms with Crippen molar-refractivity contribution in [3.8, 4) is 28.1 Å². The van der Waals surface area contributed by atoms with Crippen LogP contribution in [-0.2, 0) is 59.4 Å².